The van der Waals surface area contributed by atoms with Gasteiger partial charge in [-0.05, 0) is 59.8 Å². The molecule has 130 valence electrons. The first-order chi connectivity index (χ1) is 12.5. The Morgan fingerprint density at radius 2 is 1.88 bits per heavy atom. The number of hydrogen-bond donors (Lipinski definition) is 0. The number of anilines is 1. The molecule has 7 heteroatoms. The molecule has 2 aromatic rings. The number of hydrogen-bond acceptors (Lipinski definition) is 4. The lowest BCUT2D eigenvalue weighted by molar-refractivity contribution is -0.113. The van der Waals surface area contributed by atoms with E-state index in [0.29, 0.717) is 32.0 Å². The topological polar surface area (TPSA) is 46.6 Å². The summed E-state index contributed by atoms with van der Waals surface area (Å²) in [5.74, 6) is 2.42. The zero-order valence-corrected chi connectivity index (χ0v) is 15.6. The smallest absolute Gasteiger partial charge is 0.298 e. The lowest BCUT2D eigenvalue weighted by atomic mass is 10.2. The lowest BCUT2D eigenvalue weighted by Gasteiger charge is -2.12. The summed E-state index contributed by atoms with van der Waals surface area (Å²) in [5, 5.41) is 0.521. The summed E-state index contributed by atoms with van der Waals surface area (Å²) in [6.07, 6.45) is 6.76. The van der Waals surface area contributed by atoms with Gasteiger partial charge in [0, 0.05) is 5.02 Å². The third-order valence-corrected chi connectivity index (χ3v) is 4.86. The second-order valence-corrected chi connectivity index (χ2v) is 7.01. The molecule has 1 aliphatic rings. The molecule has 2 aromatic carbocycles. The molecular formula is C19H11Cl2NO3S. The minimum Gasteiger partial charge on any atom is -0.479 e. The van der Waals surface area contributed by atoms with Crippen LogP contribution < -0.4 is 9.64 Å². The molecule has 1 aliphatic heterocycles. The number of imide groups is 1. The maximum atomic E-state index is 12.6. The number of thioether (sulfide) groups is 1. The maximum Gasteiger partial charge on any atom is 0.298 e. The van der Waals surface area contributed by atoms with Gasteiger partial charge in [0.05, 0.1) is 15.6 Å². The number of terminal acetylenes is 1. The molecule has 3 rings (SSSR count). The number of nitrogens with zero attached hydrogens (tertiary/aromatic N) is 1. The normalized spacial score (nSPS) is 15.4. The maximum absolute atomic E-state index is 12.6. The average Bonchev–Trinajstić information content (AvgIpc) is 2.89. The van der Waals surface area contributed by atoms with Gasteiger partial charge < -0.3 is 4.74 Å². The molecule has 0 N–H and O–H groups in total. The minimum atomic E-state index is -0.397. The van der Waals surface area contributed by atoms with Crippen molar-refractivity contribution in [2.24, 2.45) is 0 Å². The third kappa shape index (κ3) is 3.88. The van der Waals surface area contributed by atoms with Crippen LogP contribution >= 0.6 is 35.0 Å². The first kappa shape index (κ1) is 18.4. The number of benzene rings is 2. The Hall–Kier alpha value is -2.39. The summed E-state index contributed by atoms with van der Waals surface area (Å²) in [4.78, 5) is 26.3. The summed E-state index contributed by atoms with van der Waals surface area (Å²) < 4.78 is 5.30. The van der Waals surface area contributed by atoms with Gasteiger partial charge in [0.2, 0.25) is 0 Å². The van der Waals surface area contributed by atoms with Crippen LogP contribution in [0, 0.1) is 12.3 Å². The van der Waals surface area contributed by atoms with Crippen LogP contribution in [0.2, 0.25) is 10.0 Å². The highest BCUT2D eigenvalue weighted by Gasteiger charge is 2.36. The van der Waals surface area contributed by atoms with E-state index < -0.39 is 5.91 Å². The Balaban J connectivity index is 1.85. The summed E-state index contributed by atoms with van der Waals surface area (Å²) in [6.45, 7) is 0.110. The number of halogens is 2. The second kappa shape index (κ2) is 7.88. The van der Waals surface area contributed by atoms with Crippen molar-refractivity contribution < 1.29 is 14.3 Å². The van der Waals surface area contributed by atoms with Gasteiger partial charge in [-0.1, -0.05) is 35.2 Å². The second-order valence-electron chi connectivity index (χ2n) is 5.18. The summed E-state index contributed by atoms with van der Waals surface area (Å²) in [7, 11) is 0. The average molecular weight is 404 g/mol. The highest BCUT2D eigenvalue weighted by Crippen LogP contribution is 2.36. The Bertz CT molecular complexity index is 948. The van der Waals surface area contributed by atoms with Crippen LogP contribution in [-0.2, 0) is 4.79 Å². The van der Waals surface area contributed by atoms with E-state index in [1.165, 1.54) is 0 Å². The Kier molecular flexibility index (Phi) is 5.58. The van der Waals surface area contributed by atoms with Gasteiger partial charge in [-0.2, -0.15) is 0 Å². The lowest BCUT2D eigenvalue weighted by Crippen LogP contribution is -2.27. The molecule has 1 heterocycles. The molecule has 0 aromatic heterocycles. The van der Waals surface area contributed by atoms with Crippen molar-refractivity contribution in [2.45, 2.75) is 0 Å². The predicted molar refractivity (Wildman–Crippen MR) is 106 cm³/mol. The number of carbonyl (C=O) groups is 2. The number of amides is 2. The molecule has 26 heavy (non-hydrogen) atoms. The van der Waals surface area contributed by atoms with Gasteiger partial charge in [0.15, 0.2) is 0 Å². The van der Waals surface area contributed by atoms with E-state index in [9.17, 15) is 9.59 Å². The quantitative estimate of drug-likeness (QED) is 0.516. The molecule has 4 nitrogen and oxygen atoms in total. The van der Waals surface area contributed by atoms with Crippen LogP contribution in [-0.4, -0.2) is 17.8 Å². The van der Waals surface area contributed by atoms with Gasteiger partial charge in [0.25, 0.3) is 11.1 Å². The molecule has 0 aliphatic carbocycles. The summed E-state index contributed by atoms with van der Waals surface area (Å²) in [5.41, 5.74) is 1.14. The van der Waals surface area contributed by atoms with Crippen molar-refractivity contribution in [3.63, 3.8) is 0 Å². The monoisotopic (exact) mass is 403 g/mol. The molecule has 0 spiro atoms. The van der Waals surface area contributed by atoms with E-state index in [4.69, 9.17) is 34.4 Å². The molecule has 0 radical (unpaired) electrons. The fourth-order valence-electron chi connectivity index (χ4n) is 2.28. The fraction of sp³-hybridized carbons (Fsp3) is 0.0526. The highest BCUT2D eigenvalue weighted by molar-refractivity contribution is 8.19. The van der Waals surface area contributed by atoms with Crippen molar-refractivity contribution in [1.29, 1.82) is 0 Å². The van der Waals surface area contributed by atoms with E-state index in [-0.39, 0.29) is 11.8 Å². The van der Waals surface area contributed by atoms with Crippen molar-refractivity contribution >= 4 is 57.9 Å². The number of ether oxygens (including phenoxy) is 1. The summed E-state index contributed by atoms with van der Waals surface area (Å²) in [6, 6.07) is 11.5. The zero-order valence-electron chi connectivity index (χ0n) is 13.2. The van der Waals surface area contributed by atoms with Gasteiger partial charge in [-0.15, -0.1) is 6.42 Å². The molecule has 0 bridgehead atoms. The SMILES string of the molecule is C#CCOc1ccc(C=C2SC(=O)N(c3ccc(Cl)cc3)C2=O)cc1Cl. The van der Waals surface area contributed by atoms with Gasteiger partial charge in [-0.3, -0.25) is 9.59 Å². The van der Waals surface area contributed by atoms with Crippen LogP contribution in [0.15, 0.2) is 47.4 Å². The van der Waals surface area contributed by atoms with Crippen LogP contribution in [0.5, 0.6) is 5.75 Å². The van der Waals surface area contributed by atoms with Gasteiger partial charge in [-0.25, -0.2) is 4.90 Å². The Morgan fingerprint density at radius 1 is 1.15 bits per heavy atom. The molecule has 1 saturated heterocycles. The van der Waals surface area contributed by atoms with Crippen molar-refractivity contribution in [3.05, 3.63) is 63.0 Å². The van der Waals surface area contributed by atoms with E-state index in [0.717, 1.165) is 16.7 Å². The predicted octanol–water partition coefficient (Wildman–Crippen LogP) is 5.25. The fourth-order valence-corrected chi connectivity index (χ4v) is 3.49. The third-order valence-electron chi connectivity index (χ3n) is 3.44. The van der Waals surface area contributed by atoms with Gasteiger partial charge in [0.1, 0.15) is 12.4 Å². The standard InChI is InChI=1S/C19H11Cl2NO3S/c1-2-9-25-16-8-3-12(10-15(16)21)11-17-18(23)22(19(24)26-17)14-6-4-13(20)5-7-14/h1,3-8,10-11H,9H2. The largest absolute Gasteiger partial charge is 0.479 e. The molecule has 1 fully saturated rings. The van der Waals surface area contributed by atoms with Crippen LogP contribution in [0.3, 0.4) is 0 Å². The molecule has 0 atom stereocenters. The Morgan fingerprint density at radius 3 is 2.54 bits per heavy atom. The minimum absolute atomic E-state index is 0.110. The van der Waals surface area contributed by atoms with Crippen molar-refractivity contribution in [2.75, 3.05) is 11.5 Å². The molecule has 0 unspecified atom stereocenters. The van der Waals surface area contributed by atoms with Crippen LogP contribution in [0.4, 0.5) is 10.5 Å². The molecule has 2 amide bonds. The van der Waals surface area contributed by atoms with Crippen molar-refractivity contribution in [3.8, 4) is 18.1 Å². The van der Waals surface area contributed by atoms with E-state index in [1.807, 2.05) is 0 Å². The summed E-state index contributed by atoms with van der Waals surface area (Å²) >= 11 is 12.9. The highest BCUT2D eigenvalue weighted by atomic mass is 35.5. The first-order valence-electron chi connectivity index (χ1n) is 7.39. The Labute approximate surface area is 164 Å². The van der Waals surface area contributed by atoms with E-state index in [2.05, 4.69) is 5.92 Å². The number of carbonyl (C=O) groups excluding carboxylic acids is 2. The first-order valence-corrected chi connectivity index (χ1v) is 8.96. The van der Waals surface area contributed by atoms with E-state index >= 15 is 0 Å². The van der Waals surface area contributed by atoms with Crippen LogP contribution in [0.25, 0.3) is 6.08 Å². The van der Waals surface area contributed by atoms with Crippen molar-refractivity contribution in [1.82, 2.24) is 0 Å². The number of rotatable bonds is 4. The molecular weight excluding hydrogens is 393 g/mol. The van der Waals surface area contributed by atoms with E-state index in [1.54, 1.807) is 48.5 Å². The zero-order chi connectivity index (χ0) is 18.7. The molecule has 0 saturated carbocycles. The van der Waals surface area contributed by atoms with Crippen LogP contribution in [0.1, 0.15) is 5.56 Å². The van der Waals surface area contributed by atoms with Gasteiger partial charge >= 0.3 is 0 Å².